The van der Waals surface area contributed by atoms with Gasteiger partial charge in [-0.1, -0.05) is 28.8 Å². The molecule has 0 aliphatic heterocycles. The number of halogens is 3. The van der Waals surface area contributed by atoms with Crippen molar-refractivity contribution >= 4 is 15.9 Å². The number of hydrogen-bond donors (Lipinski definition) is 1. The van der Waals surface area contributed by atoms with Gasteiger partial charge in [0.15, 0.2) is 0 Å². The molecule has 0 bridgehead atoms. The fourth-order valence-corrected chi connectivity index (χ4v) is 2.53. The van der Waals surface area contributed by atoms with Crippen molar-refractivity contribution in [1.82, 2.24) is 5.32 Å². The minimum atomic E-state index is -2.79. The normalized spacial score (nSPS) is 16.7. The zero-order chi connectivity index (χ0) is 13.8. The minimum Gasteiger partial charge on any atom is -0.434 e. The molecule has 1 aromatic rings. The second-order valence-electron chi connectivity index (χ2n) is 5.09. The molecule has 1 fully saturated rings. The summed E-state index contributed by atoms with van der Waals surface area (Å²) in [6.07, 6.45) is 3.80. The first-order valence-electron chi connectivity index (χ1n) is 6.51. The topological polar surface area (TPSA) is 21.3 Å². The first-order valence-corrected chi connectivity index (χ1v) is 7.30. The van der Waals surface area contributed by atoms with Gasteiger partial charge in [-0.05, 0) is 37.5 Å². The summed E-state index contributed by atoms with van der Waals surface area (Å²) in [6.45, 7) is -0.122. The molecule has 1 aromatic carbocycles. The fourth-order valence-electron chi connectivity index (χ4n) is 2.12. The van der Waals surface area contributed by atoms with Gasteiger partial charge < -0.3 is 10.1 Å². The molecule has 1 unspecified atom stereocenters. The first-order chi connectivity index (χ1) is 9.04. The molecule has 1 saturated carbocycles. The molecule has 0 saturated heterocycles. The average molecular weight is 334 g/mol. The van der Waals surface area contributed by atoms with E-state index in [-0.39, 0.29) is 5.75 Å². The van der Waals surface area contributed by atoms with Crippen molar-refractivity contribution in [3.63, 3.8) is 0 Å². The van der Waals surface area contributed by atoms with Crippen molar-refractivity contribution < 1.29 is 13.5 Å². The zero-order valence-corrected chi connectivity index (χ0v) is 12.4. The summed E-state index contributed by atoms with van der Waals surface area (Å²) >= 11 is 3.35. The summed E-state index contributed by atoms with van der Waals surface area (Å²) in [7, 11) is 0. The average Bonchev–Trinajstić information content (AvgIpc) is 3.13. The molecule has 0 amide bonds. The van der Waals surface area contributed by atoms with Crippen LogP contribution < -0.4 is 10.1 Å². The highest BCUT2D eigenvalue weighted by molar-refractivity contribution is 9.10. The molecule has 1 aliphatic rings. The highest BCUT2D eigenvalue weighted by Gasteiger charge is 2.23. The summed E-state index contributed by atoms with van der Waals surface area (Å²) in [5.74, 6) is 1.09. The third kappa shape index (κ3) is 5.07. The first kappa shape index (κ1) is 14.7. The quantitative estimate of drug-likeness (QED) is 0.801. The maximum absolute atomic E-state index is 12.3. The van der Waals surface area contributed by atoms with Crippen LogP contribution in [0.3, 0.4) is 0 Å². The van der Waals surface area contributed by atoms with Crippen LogP contribution in [0.5, 0.6) is 5.75 Å². The van der Waals surface area contributed by atoms with E-state index in [0.717, 1.165) is 22.4 Å². The van der Waals surface area contributed by atoms with Crippen LogP contribution in [0, 0.1) is 5.92 Å². The molecule has 0 aromatic heterocycles. The van der Waals surface area contributed by atoms with Gasteiger partial charge in [0.2, 0.25) is 0 Å². The lowest BCUT2D eigenvalue weighted by molar-refractivity contribution is -0.0505. The van der Waals surface area contributed by atoms with Gasteiger partial charge in [-0.15, -0.1) is 0 Å². The monoisotopic (exact) mass is 333 g/mol. The maximum Gasteiger partial charge on any atom is 0.387 e. The SMILES string of the molecule is CC(CC1CC1)NCc1cc(Br)ccc1OC(F)F. The largest absolute Gasteiger partial charge is 0.434 e. The van der Waals surface area contributed by atoms with Crippen LogP contribution in [0.4, 0.5) is 8.78 Å². The Morgan fingerprint density at radius 2 is 2.16 bits per heavy atom. The number of ether oxygens (including phenoxy) is 1. The minimum absolute atomic E-state index is 0.240. The third-order valence-corrected chi connectivity index (χ3v) is 3.76. The van der Waals surface area contributed by atoms with Crippen molar-refractivity contribution in [1.29, 1.82) is 0 Å². The molecule has 5 heteroatoms. The lowest BCUT2D eigenvalue weighted by Crippen LogP contribution is -2.26. The Balaban J connectivity index is 1.94. The molecule has 0 heterocycles. The molecule has 106 valence electrons. The lowest BCUT2D eigenvalue weighted by atomic mass is 10.1. The molecule has 1 aliphatic carbocycles. The van der Waals surface area contributed by atoms with Crippen molar-refractivity contribution in [3.8, 4) is 5.75 Å². The second kappa shape index (κ2) is 6.66. The summed E-state index contributed by atoms with van der Waals surface area (Å²) < 4.78 is 30.0. The summed E-state index contributed by atoms with van der Waals surface area (Å²) in [5, 5.41) is 3.37. The van der Waals surface area contributed by atoms with Gasteiger partial charge in [-0.2, -0.15) is 8.78 Å². The fraction of sp³-hybridized carbons (Fsp3) is 0.571. The molecular weight excluding hydrogens is 316 g/mol. The van der Waals surface area contributed by atoms with E-state index in [1.165, 1.54) is 12.8 Å². The molecule has 19 heavy (non-hydrogen) atoms. The summed E-state index contributed by atoms with van der Waals surface area (Å²) in [6, 6.07) is 5.48. The number of rotatable bonds is 7. The van der Waals surface area contributed by atoms with E-state index in [1.54, 1.807) is 12.1 Å². The zero-order valence-electron chi connectivity index (χ0n) is 10.8. The van der Waals surface area contributed by atoms with E-state index in [9.17, 15) is 8.78 Å². The highest BCUT2D eigenvalue weighted by atomic mass is 79.9. The van der Waals surface area contributed by atoms with E-state index in [0.29, 0.717) is 12.6 Å². The molecule has 2 rings (SSSR count). The van der Waals surface area contributed by atoms with Crippen LogP contribution in [0.15, 0.2) is 22.7 Å². The van der Waals surface area contributed by atoms with Crippen LogP contribution >= 0.6 is 15.9 Å². The second-order valence-corrected chi connectivity index (χ2v) is 6.01. The summed E-state index contributed by atoms with van der Waals surface area (Å²) in [4.78, 5) is 0. The van der Waals surface area contributed by atoms with Gasteiger partial charge in [0.1, 0.15) is 5.75 Å². The van der Waals surface area contributed by atoms with Crippen LogP contribution in [0.25, 0.3) is 0 Å². The Morgan fingerprint density at radius 1 is 1.42 bits per heavy atom. The van der Waals surface area contributed by atoms with Crippen molar-refractivity contribution in [2.45, 2.75) is 45.4 Å². The van der Waals surface area contributed by atoms with Crippen LogP contribution in [-0.2, 0) is 6.54 Å². The summed E-state index contributed by atoms with van der Waals surface area (Å²) in [5.41, 5.74) is 0.748. The van der Waals surface area contributed by atoms with E-state index in [4.69, 9.17) is 0 Å². The third-order valence-electron chi connectivity index (χ3n) is 3.26. The number of benzene rings is 1. The van der Waals surface area contributed by atoms with Crippen molar-refractivity contribution in [3.05, 3.63) is 28.2 Å². The van der Waals surface area contributed by atoms with Gasteiger partial charge in [0.25, 0.3) is 0 Å². The molecule has 1 atom stereocenters. The van der Waals surface area contributed by atoms with Gasteiger partial charge in [0.05, 0.1) is 0 Å². The maximum atomic E-state index is 12.3. The van der Waals surface area contributed by atoms with Crippen molar-refractivity contribution in [2.75, 3.05) is 0 Å². The van der Waals surface area contributed by atoms with Gasteiger partial charge in [-0.3, -0.25) is 0 Å². The Kier molecular flexibility index (Phi) is 5.16. The molecule has 0 radical (unpaired) electrons. The number of nitrogens with one attached hydrogen (secondary N) is 1. The van der Waals surface area contributed by atoms with Crippen LogP contribution in [0.1, 0.15) is 31.7 Å². The Bertz CT molecular complexity index is 424. The van der Waals surface area contributed by atoms with E-state index < -0.39 is 6.61 Å². The number of hydrogen-bond acceptors (Lipinski definition) is 2. The Morgan fingerprint density at radius 3 is 2.79 bits per heavy atom. The Hall–Kier alpha value is -0.680. The standard InChI is InChI=1S/C14H18BrF2NO/c1-9(6-10-2-3-10)18-8-11-7-12(15)4-5-13(11)19-14(16)17/h4-5,7,9-10,14,18H,2-3,6,8H2,1H3. The van der Waals surface area contributed by atoms with E-state index in [2.05, 4.69) is 32.9 Å². The molecule has 1 N–H and O–H groups in total. The molecular formula is C14H18BrF2NO. The van der Waals surface area contributed by atoms with Gasteiger partial charge in [-0.25, -0.2) is 0 Å². The van der Waals surface area contributed by atoms with E-state index >= 15 is 0 Å². The number of alkyl halides is 2. The molecule has 0 spiro atoms. The van der Waals surface area contributed by atoms with Crippen molar-refractivity contribution in [2.24, 2.45) is 5.92 Å². The predicted octanol–water partition coefficient (Wildman–Crippen LogP) is 4.33. The molecule has 2 nitrogen and oxygen atoms in total. The van der Waals surface area contributed by atoms with E-state index in [1.807, 2.05) is 6.07 Å². The highest BCUT2D eigenvalue weighted by Crippen LogP contribution is 2.33. The van der Waals surface area contributed by atoms with Crippen LogP contribution in [-0.4, -0.2) is 12.7 Å². The smallest absolute Gasteiger partial charge is 0.387 e. The lowest BCUT2D eigenvalue weighted by Gasteiger charge is -2.16. The van der Waals surface area contributed by atoms with Gasteiger partial charge >= 0.3 is 6.61 Å². The van der Waals surface area contributed by atoms with Crippen LogP contribution in [0.2, 0.25) is 0 Å². The Labute approximate surface area is 120 Å². The predicted molar refractivity (Wildman–Crippen MR) is 74.4 cm³/mol. The van der Waals surface area contributed by atoms with Gasteiger partial charge in [0, 0.05) is 22.6 Å².